The van der Waals surface area contributed by atoms with Crippen molar-refractivity contribution < 1.29 is 9.53 Å². The molecule has 0 bridgehead atoms. The van der Waals surface area contributed by atoms with Crippen LogP contribution in [-0.2, 0) is 11.2 Å². The molecule has 2 heteroatoms. The molecule has 0 N–H and O–H groups in total. The smallest absolute Gasteiger partial charge is 0.316 e. The van der Waals surface area contributed by atoms with Crippen molar-refractivity contribution in [2.24, 2.45) is 5.41 Å². The molecule has 23 heavy (non-hydrogen) atoms. The maximum Gasteiger partial charge on any atom is 0.316 e. The normalized spacial score (nSPS) is 11.5. The molecule has 0 spiro atoms. The van der Waals surface area contributed by atoms with Gasteiger partial charge >= 0.3 is 5.97 Å². The molecule has 0 fully saturated rings. The van der Waals surface area contributed by atoms with Crippen LogP contribution in [0.5, 0.6) is 5.75 Å². The fourth-order valence-corrected chi connectivity index (χ4v) is 2.49. The summed E-state index contributed by atoms with van der Waals surface area (Å²) in [6.07, 6.45) is 11.7. The Morgan fingerprint density at radius 1 is 0.957 bits per heavy atom. The summed E-state index contributed by atoms with van der Waals surface area (Å²) in [5, 5.41) is 0. The maximum atomic E-state index is 11.9. The fraction of sp³-hybridized carbons (Fsp3) is 0.667. The second-order valence-electron chi connectivity index (χ2n) is 7.51. The van der Waals surface area contributed by atoms with Gasteiger partial charge in [-0.25, -0.2) is 0 Å². The molecule has 0 heterocycles. The van der Waals surface area contributed by atoms with Gasteiger partial charge in [-0.05, 0) is 51.3 Å². The minimum absolute atomic E-state index is 0.179. The molecule has 0 radical (unpaired) electrons. The van der Waals surface area contributed by atoms with Crippen LogP contribution in [0.1, 0.15) is 84.6 Å². The molecule has 0 amide bonds. The highest BCUT2D eigenvalue weighted by Crippen LogP contribution is 2.21. The van der Waals surface area contributed by atoms with Gasteiger partial charge in [0, 0.05) is 0 Å². The first-order chi connectivity index (χ1) is 10.9. The predicted octanol–water partition coefficient (Wildman–Crippen LogP) is 6.32. The average Bonchev–Trinajstić information content (AvgIpc) is 2.49. The van der Waals surface area contributed by atoms with Crippen LogP contribution in [0.15, 0.2) is 24.3 Å². The van der Waals surface area contributed by atoms with E-state index in [4.69, 9.17) is 4.74 Å². The number of rotatable bonds is 10. The van der Waals surface area contributed by atoms with E-state index in [9.17, 15) is 4.79 Å². The van der Waals surface area contributed by atoms with Crippen LogP contribution >= 0.6 is 0 Å². The number of carbonyl (C=O) groups excluding carboxylic acids is 1. The molecule has 0 aliphatic rings. The second-order valence-corrected chi connectivity index (χ2v) is 7.51. The lowest BCUT2D eigenvalue weighted by Crippen LogP contribution is -2.25. The second kappa shape index (κ2) is 10.5. The van der Waals surface area contributed by atoms with Gasteiger partial charge in [0.2, 0.25) is 0 Å². The van der Waals surface area contributed by atoms with Crippen LogP contribution in [0.3, 0.4) is 0 Å². The Labute approximate surface area is 142 Å². The molecular formula is C21H34O2. The molecule has 1 rings (SSSR count). The number of carbonyl (C=O) groups is 1. The van der Waals surface area contributed by atoms with Crippen molar-refractivity contribution in [1.29, 1.82) is 0 Å². The third-order valence-corrected chi connectivity index (χ3v) is 4.04. The summed E-state index contributed by atoms with van der Waals surface area (Å²) >= 11 is 0. The Hall–Kier alpha value is -1.31. The largest absolute Gasteiger partial charge is 0.426 e. The number of hydrogen-bond acceptors (Lipinski definition) is 2. The standard InChI is InChI=1S/C21H34O2/c1-5-6-7-8-9-10-11-12-14-18-15-13-16-19(17-18)23-20(22)21(2,3)4/h13,15-17H,5-12,14H2,1-4H3. The molecule has 130 valence electrons. The van der Waals surface area contributed by atoms with Crippen molar-refractivity contribution >= 4 is 5.97 Å². The summed E-state index contributed by atoms with van der Waals surface area (Å²) in [6, 6.07) is 7.97. The lowest BCUT2D eigenvalue weighted by molar-refractivity contribution is -0.142. The summed E-state index contributed by atoms with van der Waals surface area (Å²) in [7, 11) is 0. The predicted molar refractivity (Wildman–Crippen MR) is 97.8 cm³/mol. The number of ether oxygens (including phenoxy) is 1. The molecule has 0 aromatic heterocycles. The van der Waals surface area contributed by atoms with E-state index in [-0.39, 0.29) is 5.97 Å². The Morgan fingerprint density at radius 3 is 2.17 bits per heavy atom. The highest BCUT2D eigenvalue weighted by Gasteiger charge is 2.23. The first kappa shape index (κ1) is 19.7. The quantitative estimate of drug-likeness (QED) is 0.286. The third-order valence-electron chi connectivity index (χ3n) is 4.04. The summed E-state index contributed by atoms with van der Waals surface area (Å²) in [5.41, 5.74) is 0.795. The number of benzene rings is 1. The molecule has 0 unspecified atom stereocenters. The van der Waals surface area contributed by atoms with Gasteiger partial charge in [0.25, 0.3) is 0 Å². The van der Waals surface area contributed by atoms with Gasteiger partial charge in [0.1, 0.15) is 5.75 Å². The average molecular weight is 319 g/mol. The zero-order valence-electron chi connectivity index (χ0n) is 15.5. The van der Waals surface area contributed by atoms with Gasteiger partial charge in [0.15, 0.2) is 0 Å². The van der Waals surface area contributed by atoms with Crippen LogP contribution in [-0.4, -0.2) is 5.97 Å². The van der Waals surface area contributed by atoms with E-state index in [0.29, 0.717) is 5.75 Å². The van der Waals surface area contributed by atoms with E-state index in [1.807, 2.05) is 39.0 Å². The Bertz CT molecular complexity index is 457. The first-order valence-corrected chi connectivity index (χ1v) is 9.24. The van der Waals surface area contributed by atoms with Crippen molar-refractivity contribution in [1.82, 2.24) is 0 Å². The summed E-state index contributed by atoms with van der Waals surface area (Å²) < 4.78 is 5.46. The third kappa shape index (κ3) is 8.78. The number of esters is 1. The van der Waals surface area contributed by atoms with Crippen LogP contribution in [0.25, 0.3) is 0 Å². The van der Waals surface area contributed by atoms with Crippen molar-refractivity contribution in [3.63, 3.8) is 0 Å². The minimum atomic E-state index is -0.465. The summed E-state index contributed by atoms with van der Waals surface area (Å²) in [6.45, 7) is 7.88. The van der Waals surface area contributed by atoms with Gasteiger partial charge in [-0.15, -0.1) is 0 Å². The topological polar surface area (TPSA) is 26.3 Å². The molecular weight excluding hydrogens is 284 g/mol. The molecule has 0 saturated carbocycles. The van der Waals surface area contributed by atoms with Crippen LogP contribution in [0.2, 0.25) is 0 Å². The van der Waals surface area contributed by atoms with E-state index in [1.165, 1.54) is 56.9 Å². The number of aryl methyl sites for hydroxylation is 1. The van der Waals surface area contributed by atoms with Crippen molar-refractivity contribution in [2.75, 3.05) is 0 Å². The lowest BCUT2D eigenvalue weighted by Gasteiger charge is -2.16. The molecule has 1 aromatic carbocycles. The summed E-state index contributed by atoms with van der Waals surface area (Å²) in [5.74, 6) is 0.490. The van der Waals surface area contributed by atoms with Gasteiger partial charge in [-0.1, -0.05) is 64.0 Å². The molecule has 0 atom stereocenters. The van der Waals surface area contributed by atoms with E-state index in [1.54, 1.807) is 0 Å². The monoisotopic (exact) mass is 318 g/mol. The van der Waals surface area contributed by atoms with Gasteiger partial charge < -0.3 is 4.74 Å². The van der Waals surface area contributed by atoms with Gasteiger partial charge in [-0.3, -0.25) is 4.79 Å². The van der Waals surface area contributed by atoms with Crippen molar-refractivity contribution in [3.05, 3.63) is 29.8 Å². The van der Waals surface area contributed by atoms with Crippen molar-refractivity contribution in [2.45, 2.75) is 85.5 Å². The highest BCUT2D eigenvalue weighted by molar-refractivity contribution is 5.77. The van der Waals surface area contributed by atoms with E-state index in [0.717, 1.165) is 6.42 Å². The molecule has 0 aliphatic heterocycles. The van der Waals surface area contributed by atoms with Crippen LogP contribution < -0.4 is 4.74 Å². The van der Waals surface area contributed by atoms with Crippen molar-refractivity contribution in [3.8, 4) is 5.75 Å². The molecule has 0 saturated heterocycles. The van der Waals surface area contributed by atoms with E-state index >= 15 is 0 Å². The molecule has 1 aromatic rings. The Kier molecular flexibility index (Phi) is 8.98. The van der Waals surface area contributed by atoms with Crippen LogP contribution in [0, 0.1) is 5.41 Å². The zero-order valence-corrected chi connectivity index (χ0v) is 15.5. The maximum absolute atomic E-state index is 11.9. The van der Waals surface area contributed by atoms with Crippen LogP contribution in [0.4, 0.5) is 0 Å². The first-order valence-electron chi connectivity index (χ1n) is 9.24. The molecule has 2 nitrogen and oxygen atoms in total. The Morgan fingerprint density at radius 2 is 1.57 bits per heavy atom. The van der Waals surface area contributed by atoms with Gasteiger partial charge in [0.05, 0.1) is 5.41 Å². The zero-order chi connectivity index (χ0) is 17.1. The van der Waals surface area contributed by atoms with E-state index < -0.39 is 5.41 Å². The van der Waals surface area contributed by atoms with E-state index in [2.05, 4.69) is 13.0 Å². The Balaban J connectivity index is 2.27. The number of hydrogen-bond donors (Lipinski definition) is 0. The highest BCUT2D eigenvalue weighted by atomic mass is 16.5. The minimum Gasteiger partial charge on any atom is -0.426 e. The number of unbranched alkanes of at least 4 members (excludes halogenated alkanes) is 7. The fourth-order valence-electron chi connectivity index (χ4n) is 2.49. The van der Waals surface area contributed by atoms with Gasteiger partial charge in [-0.2, -0.15) is 0 Å². The lowest BCUT2D eigenvalue weighted by atomic mass is 9.97. The molecule has 0 aliphatic carbocycles. The SMILES string of the molecule is CCCCCCCCCCc1cccc(OC(=O)C(C)(C)C)c1. The summed E-state index contributed by atoms with van der Waals surface area (Å²) in [4.78, 5) is 11.9.